The fourth-order valence-corrected chi connectivity index (χ4v) is 5.55. The van der Waals surface area contributed by atoms with Crippen LogP contribution in [0.1, 0.15) is 49.9 Å². The Hall–Kier alpha value is -2.78. The highest BCUT2D eigenvalue weighted by molar-refractivity contribution is 5.83. The predicted octanol–water partition coefficient (Wildman–Crippen LogP) is 1.56. The van der Waals surface area contributed by atoms with Gasteiger partial charge < -0.3 is 26.2 Å². The number of hydrogen-bond donors (Lipinski definition) is 5. The summed E-state index contributed by atoms with van der Waals surface area (Å²) < 4.78 is 0. The summed E-state index contributed by atoms with van der Waals surface area (Å²) in [6.45, 7) is 8.05. The molecule has 3 unspecified atom stereocenters. The highest BCUT2D eigenvalue weighted by Crippen LogP contribution is 2.32. The fourth-order valence-electron chi connectivity index (χ4n) is 5.55. The lowest BCUT2D eigenvalue weighted by atomic mass is 9.91. The average molecular weight is 523 g/mol. The Kier molecular flexibility index (Phi) is 9.20. The van der Waals surface area contributed by atoms with E-state index in [4.69, 9.17) is 0 Å². The number of β-amino-alcohol motifs (C(OH)–C–C–N with tert-alkyl or cyclic N) is 1. The Bertz CT molecular complexity index is 1090. The van der Waals surface area contributed by atoms with E-state index >= 15 is 0 Å². The Morgan fingerprint density at radius 1 is 1.11 bits per heavy atom. The molecule has 206 valence electrons. The molecular weight excluding hydrogens is 480 g/mol. The summed E-state index contributed by atoms with van der Waals surface area (Å²) in [4.78, 5) is 28.5. The van der Waals surface area contributed by atoms with Crippen molar-refractivity contribution in [3.05, 3.63) is 71.3 Å². The van der Waals surface area contributed by atoms with Crippen LogP contribution in [0.5, 0.6) is 0 Å². The summed E-state index contributed by atoms with van der Waals surface area (Å²) in [5.41, 5.74) is 2.65. The number of carbonyl (C=O) groups excluding carboxylic acids is 2. The van der Waals surface area contributed by atoms with Gasteiger partial charge >= 0.3 is 0 Å². The molecule has 1 aliphatic carbocycles. The van der Waals surface area contributed by atoms with Crippen molar-refractivity contribution in [2.45, 2.75) is 69.9 Å². The molecule has 38 heavy (non-hydrogen) atoms. The zero-order valence-corrected chi connectivity index (χ0v) is 22.7. The second-order valence-electron chi connectivity index (χ2n) is 11.7. The van der Waals surface area contributed by atoms with Crippen LogP contribution in [0.4, 0.5) is 0 Å². The van der Waals surface area contributed by atoms with Gasteiger partial charge in [0.15, 0.2) is 0 Å². The molecule has 2 aliphatic rings. The van der Waals surface area contributed by atoms with E-state index in [0.29, 0.717) is 32.5 Å². The molecule has 0 spiro atoms. The van der Waals surface area contributed by atoms with Crippen LogP contribution in [0.2, 0.25) is 0 Å². The summed E-state index contributed by atoms with van der Waals surface area (Å²) in [7, 11) is 0. The first-order valence-corrected chi connectivity index (χ1v) is 13.7. The standard InChI is InChI=1S/C30H42N4O4/c1-30(2,3)33-29(38)25-18-31-13-14-34(25)19-23(35)16-22(15-20-9-5-4-6-10-20)28(37)32-27-24-12-8-7-11-21(24)17-26(27)36/h4-12,22-23,25-27,31,35-36H,13-19H2,1-3H3,(H,32,37)(H,33,38)/t22?,23?,25-,26+,27?/m0/s1. The SMILES string of the molecule is CC(C)(C)NC(=O)[C@@H]1CNCCN1CC(O)CC(Cc1ccccc1)C(=O)NC1c2ccccc2C[C@H]1O. The minimum atomic E-state index is -0.793. The second kappa shape index (κ2) is 12.4. The minimum absolute atomic E-state index is 0.0654. The van der Waals surface area contributed by atoms with Crippen molar-refractivity contribution in [3.63, 3.8) is 0 Å². The van der Waals surface area contributed by atoms with Gasteiger partial charge in [-0.25, -0.2) is 0 Å². The quantitative estimate of drug-likeness (QED) is 0.342. The van der Waals surface area contributed by atoms with Gasteiger partial charge in [0.1, 0.15) is 6.04 Å². The Labute approximate surface area is 225 Å². The molecule has 0 aromatic heterocycles. The van der Waals surface area contributed by atoms with Crippen molar-refractivity contribution in [2.75, 3.05) is 26.2 Å². The van der Waals surface area contributed by atoms with Crippen LogP contribution in [0.15, 0.2) is 54.6 Å². The van der Waals surface area contributed by atoms with E-state index in [1.807, 2.05) is 80.3 Å². The number of piperazine rings is 1. The molecule has 4 rings (SSSR count). The molecule has 1 heterocycles. The van der Waals surface area contributed by atoms with E-state index in [-0.39, 0.29) is 29.8 Å². The Morgan fingerprint density at radius 2 is 1.82 bits per heavy atom. The van der Waals surface area contributed by atoms with E-state index in [2.05, 4.69) is 16.0 Å². The monoisotopic (exact) mass is 522 g/mol. The van der Waals surface area contributed by atoms with E-state index in [1.54, 1.807) is 0 Å². The fraction of sp³-hybridized carbons (Fsp3) is 0.533. The molecule has 8 heteroatoms. The third kappa shape index (κ3) is 7.41. The normalized spacial score (nSPS) is 23.3. The summed E-state index contributed by atoms with van der Waals surface area (Å²) in [6.07, 6.45) is -0.236. The maximum absolute atomic E-state index is 13.6. The Balaban J connectivity index is 1.45. The predicted molar refractivity (Wildman–Crippen MR) is 147 cm³/mol. The van der Waals surface area contributed by atoms with Gasteiger partial charge in [0.2, 0.25) is 11.8 Å². The number of fused-ring (bicyclic) bond motifs is 1. The van der Waals surface area contributed by atoms with E-state index in [9.17, 15) is 19.8 Å². The van der Waals surface area contributed by atoms with Gasteiger partial charge in [0, 0.05) is 44.1 Å². The van der Waals surface area contributed by atoms with Crippen LogP contribution >= 0.6 is 0 Å². The lowest BCUT2D eigenvalue weighted by Gasteiger charge is -2.38. The largest absolute Gasteiger partial charge is 0.392 e. The van der Waals surface area contributed by atoms with Gasteiger partial charge in [-0.3, -0.25) is 14.5 Å². The molecule has 5 N–H and O–H groups in total. The maximum atomic E-state index is 13.6. The van der Waals surface area contributed by atoms with Crippen molar-refractivity contribution in [1.29, 1.82) is 0 Å². The first-order valence-electron chi connectivity index (χ1n) is 13.7. The van der Waals surface area contributed by atoms with Gasteiger partial charge in [0.25, 0.3) is 0 Å². The van der Waals surface area contributed by atoms with Gasteiger partial charge in [-0.05, 0) is 50.3 Å². The van der Waals surface area contributed by atoms with Crippen molar-refractivity contribution >= 4 is 11.8 Å². The minimum Gasteiger partial charge on any atom is -0.392 e. The molecule has 2 aromatic carbocycles. The first-order chi connectivity index (χ1) is 18.1. The topological polar surface area (TPSA) is 114 Å². The second-order valence-corrected chi connectivity index (χ2v) is 11.7. The molecule has 1 fully saturated rings. The smallest absolute Gasteiger partial charge is 0.239 e. The van der Waals surface area contributed by atoms with Gasteiger partial charge in [-0.1, -0.05) is 54.6 Å². The summed E-state index contributed by atoms with van der Waals surface area (Å²) in [5, 5.41) is 31.3. The van der Waals surface area contributed by atoms with Gasteiger partial charge in [-0.2, -0.15) is 0 Å². The van der Waals surface area contributed by atoms with Crippen LogP contribution in [-0.2, 0) is 22.4 Å². The zero-order chi connectivity index (χ0) is 27.3. The van der Waals surface area contributed by atoms with Crippen molar-refractivity contribution in [3.8, 4) is 0 Å². The van der Waals surface area contributed by atoms with Gasteiger partial charge in [-0.15, -0.1) is 0 Å². The number of amides is 2. The molecule has 8 nitrogen and oxygen atoms in total. The number of carbonyl (C=O) groups is 2. The van der Waals surface area contributed by atoms with E-state index in [1.165, 1.54) is 0 Å². The highest BCUT2D eigenvalue weighted by Gasteiger charge is 2.35. The number of rotatable bonds is 9. The van der Waals surface area contributed by atoms with E-state index < -0.39 is 24.2 Å². The zero-order valence-electron chi connectivity index (χ0n) is 22.7. The third-order valence-corrected chi connectivity index (χ3v) is 7.35. The van der Waals surface area contributed by atoms with Crippen molar-refractivity contribution in [1.82, 2.24) is 20.9 Å². The number of nitrogens with one attached hydrogen (secondary N) is 3. The number of aliphatic hydroxyl groups excluding tert-OH is 2. The van der Waals surface area contributed by atoms with Gasteiger partial charge in [0.05, 0.1) is 18.2 Å². The average Bonchev–Trinajstić information content (AvgIpc) is 3.18. The highest BCUT2D eigenvalue weighted by atomic mass is 16.3. The third-order valence-electron chi connectivity index (χ3n) is 7.35. The van der Waals surface area contributed by atoms with Crippen molar-refractivity contribution in [2.24, 2.45) is 5.92 Å². The molecule has 1 saturated heterocycles. The molecule has 5 atom stereocenters. The van der Waals surface area contributed by atoms with Crippen LogP contribution in [0, 0.1) is 5.92 Å². The molecule has 2 amide bonds. The number of nitrogens with zero attached hydrogens (tertiary/aromatic N) is 1. The van der Waals surface area contributed by atoms with Crippen LogP contribution in [0.3, 0.4) is 0 Å². The van der Waals surface area contributed by atoms with Crippen molar-refractivity contribution < 1.29 is 19.8 Å². The van der Waals surface area contributed by atoms with Crippen LogP contribution in [0.25, 0.3) is 0 Å². The molecule has 0 saturated carbocycles. The molecule has 2 aromatic rings. The first kappa shape index (κ1) is 28.2. The number of hydrogen-bond acceptors (Lipinski definition) is 6. The molecule has 0 radical (unpaired) electrons. The van der Waals surface area contributed by atoms with Crippen LogP contribution < -0.4 is 16.0 Å². The van der Waals surface area contributed by atoms with Crippen LogP contribution in [-0.4, -0.2) is 76.9 Å². The molecule has 0 bridgehead atoms. The summed E-state index contributed by atoms with van der Waals surface area (Å²) in [5.74, 6) is -0.738. The number of benzene rings is 2. The number of aliphatic hydroxyl groups is 2. The van der Waals surface area contributed by atoms with E-state index in [0.717, 1.165) is 23.2 Å². The molecule has 1 aliphatic heterocycles. The Morgan fingerprint density at radius 3 is 2.55 bits per heavy atom. The lowest BCUT2D eigenvalue weighted by molar-refractivity contribution is -0.130. The summed E-state index contributed by atoms with van der Waals surface area (Å²) in [6, 6.07) is 16.7. The summed E-state index contributed by atoms with van der Waals surface area (Å²) >= 11 is 0. The lowest BCUT2D eigenvalue weighted by Crippen LogP contribution is -2.61. The molecular formula is C30H42N4O4. The maximum Gasteiger partial charge on any atom is 0.239 e.